The van der Waals surface area contributed by atoms with Crippen molar-refractivity contribution in [1.82, 2.24) is 10.2 Å². The van der Waals surface area contributed by atoms with Crippen LogP contribution in [0.1, 0.15) is 37.0 Å². The van der Waals surface area contributed by atoms with Crippen LogP contribution in [0.5, 0.6) is 0 Å². The second kappa shape index (κ2) is 14.6. The first-order valence-electron chi connectivity index (χ1n) is 9.80. The molecule has 0 aliphatic carbocycles. The number of benzene rings is 1. The van der Waals surface area contributed by atoms with Crippen molar-refractivity contribution in [1.29, 1.82) is 0 Å². The summed E-state index contributed by atoms with van der Waals surface area (Å²) in [6.07, 6.45) is 1.61. The van der Waals surface area contributed by atoms with E-state index in [0.717, 1.165) is 32.5 Å². The fraction of sp³-hybridized carbons (Fsp3) is 0.600. The molecule has 1 aliphatic heterocycles. The van der Waals surface area contributed by atoms with Gasteiger partial charge >= 0.3 is 0 Å². The highest BCUT2D eigenvalue weighted by Gasteiger charge is 2.26. The molecule has 0 radical (unpaired) electrons. The van der Waals surface area contributed by atoms with E-state index < -0.39 is 6.04 Å². The molecule has 1 aliphatic rings. The van der Waals surface area contributed by atoms with E-state index in [4.69, 9.17) is 10.5 Å². The summed E-state index contributed by atoms with van der Waals surface area (Å²) >= 11 is 0. The van der Waals surface area contributed by atoms with Crippen molar-refractivity contribution in [3.8, 4) is 0 Å². The van der Waals surface area contributed by atoms with Crippen LogP contribution in [0.4, 0.5) is 5.69 Å². The van der Waals surface area contributed by atoms with E-state index in [9.17, 15) is 9.59 Å². The predicted octanol–water partition coefficient (Wildman–Crippen LogP) is 2.29. The quantitative estimate of drug-likeness (QED) is 0.538. The molecule has 1 unspecified atom stereocenters. The standard InChI is InChI=1S/C20H32N4O3.2ClH/c1-3-24(4-2)12-11-22-19(25)16-5-7-17(8-6-16)23-20(26)18(21)15-9-13-27-14-10-15;;/h5-8,15,18H,3-4,9-14,21H2,1-2H3,(H,22,25)(H,23,26);2*1H. The summed E-state index contributed by atoms with van der Waals surface area (Å²) in [6.45, 7) is 8.90. The highest BCUT2D eigenvalue weighted by Crippen LogP contribution is 2.19. The molecule has 1 aromatic rings. The molecule has 1 aromatic carbocycles. The topological polar surface area (TPSA) is 96.7 Å². The van der Waals surface area contributed by atoms with Crippen LogP contribution in [0.3, 0.4) is 0 Å². The molecule has 0 aromatic heterocycles. The summed E-state index contributed by atoms with van der Waals surface area (Å²) in [5.41, 5.74) is 7.30. The van der Waals surface area contributed by atoms with Crippen molar-refractivity contribution in [2.75, 3.05) is 44.7 Å². The van der Waals surface area contributed by atoms with Gasteiger partial charge in [0, 0.05) is 37.6 Å². The van der Waals surface area contributed by atoms with Crippen molar-refractivity contribution in [2.24, 2.45) is 11.7 Å². The average Bonchev–Trinajstić information content (AvgIpc) is 2.71. The molecule has 0 saturated carbocycles. The van der Waals surface area contributed by atoms with Gasteiger partial charge in [0.15, 0.2) is 0 Å². The van der Waals surface area contributed by atoms with Gasteiger partial charge in [-0.15, -0.1) is 24.8 Å². The molecule has 1 atom stereocenters. The molecule has 2 rings (SSSR count). The maximum absolute atomic E-state index is 12.3. The zero-order valence-electron chi connectivity index (χ0n) is 17.2. The molecule has 2 amide bonds. The minimum absolute atomic E-state index is 0. The number of rotatable bonds is 9. The van der Waals surface area contributed by atoms with Crippen LogP contribution in [0.2, 0.25) is 0 Å². The fourth-order valence-electron chi connectivity index (χ4n) is 3.19. The summed E-state index contributed by atoms with van der Waals surface area (Å²) in [6, 6.07) is 6.34. The molecule has 0 bridgehead atoms. The number of nitrogens with two attached hydrogens (primary N) is 1. The van der Waals surface area contributed by atoms with E-state index in [1.807, 2.05) is 0 Å². The van der Waals surface area contributed by atoms with Crippen molar-refractivity contribution in [2.45, 2.75) is 32.7 Å². The van der Waals surface area contributed by atoms with Crippen LogP contribution in [-0.4, -0.2) is 62.1 Å². The molecule has 1 heterocycles. The highest BCUT2D eigenvalue weighted by molar-refractivity contribution is 5.97. The van der Waals surface area contributed by atoms with Gasteiger partial charge in [-0.05, 0) is 56.1 Å². The molecule has 9 heteroatoms. The number of anilines is 1. The number of halogens is 2. The van der Waals surface area contributed by atoms with Crippen LogP contribution >= 0.6 is 24.8 Å². The molecule has 7 nitrogen and oxygen atoms in total. The molecule has 29 heavy (non-hydrogen) atoms. The molecular weight excluding hydrogens is 415 g/mol. The molecule has 0 spiro atoms. The summed E-state index contributed by atoms with van der Waals surface area (Å²) in [5.74, 6) is -0.160. The third-order valence-electron chi connectivity index (χ3n) is 5.10. The van der Waals surface area contributed by atoms with E-state index in [0.29, 0.717) is 31.0 Å². The molecule has 1 fully saturated rings. The predicted molar refractivity (Wildman–Crippen MR) is 121 cm³/mol. The number of amides is 2. The highest BCUT2D eigenvalue weighted by atomic mass is 35.5. The van der Waals surface area contributed by atoms with Gasteiger partial charge < -0.3 is 26.0 Å². The summed E-state index contributed by atoms with van der Waals surface area (Å²) in [5, 5.41) is 5.76. The minimum atomic E-state index is -0.544. The Bertz CT molecular complexity index is 606. The van der Waals surface area contributed by atoms with E-state index in [1.165, 1.54) is 0 Å². The zero-order valence-corrected chi connectivity index (χ0v) is 18.8. The summed E-state index contributed by atoms with van der Waals surface area (Å²) < 4.78 is 5.31. The van der Waals surface area contributed by atoms with Gasteiger partial charge in [0.2, 0.25) is 5.91 Å². The van der Waals surface area contributed by atoms with Crippen molar-refractivity contribution in [3.05, 3.63) is 29.8 Å². The van der Waals surface area contributed by atoms with Crippen LogP contribution in [-0.2, 0) is 9.53 Å². The maximum Gasteiger partial charge on any atom is 0.251 e. The number of hydrogen-bond donors (Lipinski definition) is 3. The first-order chi connectivity index (χ1) is 13.0. The average molecular weight is 449 g/mol. The van der Waals surface area contributed by atoms with Gasteiger partial charge in [-0.2, -0.15) is 0 Å². The van der Waals surface area contributed by atoms with Crippen LogP contribution < -0.4 is 16.4 Å². The van der Waals surface area contributed by atoms with E-state index in [1.54, 1.807) is 24.3 Å². The second-order valence-corrected chi connectivity index (χ2v) is 6.82. The number of likely N-dealkylation sites (N-methyl/N-ethyl adjacent to an activating group) is 1. The van der Waals surface area contributed by atoms with E-state index in [2.05, 4.69) is 29.4 Å². The number of carbonyl (C=O) groups is 2. The monoisotopic (exact) mass is 448 g/mol. The Hall–Kier alpha value is -1.38. The molecular formula is C20H34Cl2N4O3. The van der Waals surface area contributed by atoms with Gasteiger partial charge in [0.25, 0.3) is 5.91 Å². The van der Waals surface area contributed by atoms with Crippen molar-refractivity contribution in [3.63, 3.8) is 0 Å². The van der Waals surface area contributed by atoms with Gasteiger partial charge in [0.1, 0.15) is 0 Å². The normalized spacial score (nSPS) is 15.0. The zero-order chi connectivity index (χ0) is 19.6. The number of ether oxygens (including phenoxy) is 1. The molecule has 1 saturated heterocycles. The lowest BCUT2D eigenvalue weighted by molar-refractivity contribution is -0.119. The lowest BCUT2D eigenvalue weighted by atomic mass is 9.92. The Kier molecular flexibility index (Phi) is 13.9. The first-order valence-corrected chi connectivity index (χ1v) is 9.80. The SMILES string of the molecule is CCN(CC)CCNC(=O)c1ccc(NC(=O)C(N)C2CCOCC2)cc1.Cl.Cl. The fourth-order valence-corrected chi connectivity index (χ4v) is 3.19. The minimum Gasteiger partial charge on any atom is -0.381 e. The maximum atomic E-state index is 12.3. The van der Waals surface area contributed by atoms with Crippen LogP contribution in [0.15, 0.2) is 24.3 Å². The summed E-state index contributed by atoms with van der Waals surface area (Å²) in [4.78, 5) is 26.8. The number of nitrogens with zero attached hydrogens (tertiary/aromatic N) is 1. The Morgan fingerprint density at radius 1 is 1.14 bits per heavy atom. The lowest BCUT2D eigenvalue weighted by Crippen LogP contribution is -2.44. The Balaban J connectivity index is 0.00000392. The van der Waals surface area contributed by atoms with Crippen molar-refractivity contribution >= 4 is 42.3 Å². The second-order valence-electron chi connectivity index (χ2n) is 6.82. The van der Waals surface area contributed by atoms with Gasteiger partial charge in [-0.1, -0.05) is 13.8 Å². The summed E-state index contributed by atoms with van der Waals surface area (Å²) in [7, 11) is 0. The molecule has 4 N–H and O–H groups in total. The van der Waals surface area contributed by atoms with E-state index in [-0.39, 0.29) is 42.5 Å². The largest absolute Gasteiger partial charge is 0.381 e. The Morgan fingerprint density at radius 2 is 1.72 bits per heavy atom. The Labute approximate surface area is 185 Å². The van der Waals surface area contributed by atoms with Crippen LogP contribution in [0, 0.1) is 5.92 Å². The number of nitrogens with one attached hydrogen (secondary N) is 2. The van der Waals surface area contributed by atoms with Gasteiger partial charge in [-0.25, -0.2) is 0 Å². The van der Waals surface area contributed by atoms with E-state index >= 15 is 0 Å². The third-order valence-corrected chi connectivity index (χ3v) is 5.10. The van der Waals surface area contributed by atoms with Crippen LogP contribution in [0.25, 0.3) is 0 Å². The number of hydrogen-bond acceptors (Lipinski definition) is 5. The molecule has 166 valence electrons. The Morgan fingerprint density at radius 3 is 2.28 bits per heavy atom. The smallest absolute Gasteiger partial charge is 0.251 e. The van der Waals surface area contributed by atoms with Crippen molar-refractivity contribution < 1.29 is 14.3 Å². The number of carbonyl (C=O) groups excluding carboxylic acids is 2. The first kappa shape index (κ1) is 27.6. The lowest BCUT2D eigenvalue weighted by Gasteiger charge is -2.26. The van der Waals surface area contributed by atoms with Gasteiger partial charge in [0.05, 0.1) is 6.04 Å². The third kappa shape index (κ3) is 8.88. The van der Waals surface area contributed by atoms with Gasteiger partial charge in [-0.3, -0.25) is 9.59 Å².